The minimum absolute atomic E-state index is 0.158. The van der Waals surface area contributed by atoms with Gasteiger partial charge in [-0.25, -0.2) is 5.48 Å². The number of carbonyl (C=O) groups is 2. The Kier molecular flexibility index (Phi) is 6.62. The van der Waals surface area contributed by atoms with Gasteiger partial charge in [-0.1, -0.05) is 18.6 Å². The molecule has 2 N–H and O–H groups in total. The summed E-state index contributed by atoms with van der Waals surface area (Å²) < 4.78 is 0. The Morgan fingerprint density at radius 1 is 1.40 bits per heavy atom. The van der Waals surface area contributed by atoms with Crippen LogP contribution in [0.4, 0.5) is 0 Å². The second-order valence-electron chi connectivity index (χ2n) is 4.03. The van der Waals surface area contributed by atoms with Crippen LogP contribution in [0.1, 0.15) is 40.0 Å². The molecular formula is C11H19NO3. The van der Waals surface area contributed by atoms with Gasteiger partial charge in [-0.2, -0.15) is 0 Å². The molecule has 0 saturated heterocycles. The highest BCUT2D eigenvalue weighted by Crippen LogP contribution is 2.12. The molecule has 0 heterocycles. The van der Waals surface area contributed by atoms with Crippen LogP contribution in [0.3, 0.4) is 0 Å². The average molecular weight is 213 g/mol. The van der Waals surface area contributed by atoms with E-state index in [1.807, 2.05) is 20.8 Å². The van der Waals surface area contributed by atoms with Crippen LogP contribution >= 0.6 is 0 Å². The molecule has 4 nitrogen and oxygen atoms in total. The Labute approximate surface area is 90.3 Å². The van der Waals surface area contributed by atoms with Crippen LogP contribution in [0, 0.1) is 5.92 Å². The predicted octanol–water partition coefficient (Wildman–Crippen LogP) is 1.83. The number of ketones is 1. The summed E-state index contributed by atoms with van der Waals surface area (Å²) in [5.41, 5.74) is 2.60. The van der Waals surface area contributed by atoms with Crippen molar-refractivity contribution in [2.24, 2.45) is 5.92 Å². The van der Waals surface area contributed by atoms with Crippen molar-refractivity contribution in [1.82, 2.24) is 5.48 Å². The van der Waals surface area contributed by atoms with E-state index in [1.165, 1.54) is 11.1 Å². The van der Waals surface area contributed by atoms with Crippen LogP contribution in [-0.4, -0.2) is 16.9 Å². The number of Topliss-reactive ketones (excluding diaryl/α,β-unsaturated/α-hetero) is 1. The van der Waals surface area contributed by atoms with Crippen LogP contribution in [0.5, 0.6) is 0 Å². The number of carbonyl (C=O) groups excluding carboxylic acids is 2. The van der Waals surface area contributed by atoms with Crippen LogP contribution < -0.4 is 5.48 Å². The molecule has 0 saturated carbocycles. The zero-order valence-corrected chi connectivity index (χ0v) is 9.54. The van der Waals surface area contributed by atoms with E-state index in [9.17, 15) is 9.59 Å². The maximum atomic E-state index is 11.1. The monoisotopic (exact) mass is 213 g/mol. The van der Waals surface area contributed by atoms with Gasteiger partial charge in [0.2, 0.25) is 5.78 Å². The van der Waals surface area contributed by atoms with Gasteiger partial charge in [0.1, 0.15) is 0 Å². The molecule has 1 amide bonds. The molecule has 0 aromatic carbocycles. The van der Waals surface area contributed by atoms with Crippen molar-refractivity contribution in [2.45, 2.75) is 40.0 Å². The number of hydroxylamine groups is 1. The zero-order valence-electron chi connectivity index (χ0n) is 9.54. The fourth-order valence-corrected chi connectivity index (χ4v) is 1.23. The van der Waals surface area contributed by atoms with Crippen LogP contribution in [0.25, 0.3) is 0 Å². The van der Waals surface area contributed by atoms with Gasteiger partial charge >= 0.3 is 5.91 Å². The van der Waals surface area contributed by atoms with Gasteiger partial charge in [-0.05, 0) is 32.6 Å². The van der Waals surface area contributed by atoms with Crippen molar-refractivity contribution in [3.63, 3.8) is 0 Å². The summed E-state index contributed by atoms with van der Waals surface area (Å²) in [5.74, 6) is -1.34. The normalized spacial score (nSPS) is 11.7. The van der Waals surface area contributed by atoms with Gasteiger partial charge in [0, 0.05) is 6.42 Å². The van der Waals surface area contributed by atoms with Gasteiger partial charge in [-0.15, -0.1) is 0 Å². The van der Waals surface area contributed by atoms with Crippen LogP contribution in [0.2, 0.25) is 0 Å². The van der Waals surface area contributed by atoms with E-state index in [1.54, 1.807) is 0 Å². The molecule has 0 aliphatic heterocycles. The highest BCUT2D eigenvalue weighted by molar-refractivity contribution is 6.35. The van der Waals surface area contributed by atoms with Gasteiger partial charge in [-0.3, -0.25) is 14.8 Å². The molecule has 0 bridgehead atoms. The third-order valence-corrected chi connectivity index (χ3v) is 2.10. The number of hydrogen-bond acceptors (Lipinski definition) is 3. The van der Waals surface area contributed by atoms with Gasteiger partial charge in [0.15, 0.2) is 0 Å². The molecular weight excluding hydrogens is 194 g/mol. The SMILES string of the molecule is CC(C)=CCCC(C)CC(=O)C(=O)NO. The first kappa shape index (κ1) is 13.8. The third kappa shape index (κ3) is 6.85. The Hall–Kier alpha value is -1.16. The van der Waals surface area contributed by atoms with Crippen molar-refractivity contribution in [3.8, 4) is 0 Å². The first-order valence-electron chi connectivity index (χ1n) is 5.08. The number of rotatable bonds is 6. The molecule has 0 spiro atoms. The predicted molar refractivity (Wildman–Crippen MR) is 57.4 cm³/mol. The first-order chi connectivity index (χ1) is 6.97. The maximum absolute atomic E-state index is 11.1. The van der Waals surface area contributed by atoms with Crippen molar-refractivity contribution in [1.29, 1.82) is 0 Å². The summed E-state index contributed by atoms with van der Waals surface area (Å²) >= 11 is 0. The fraction of sp³-hybridized carbons (Fsp3) is 0.636. The number of nitrogens with one attached hydrogen (secondary N) is 1. The topological polar surface area (TPSA) is 66.4 Å². The van der Waals surface area contributed by atoms with E-state index in [-0.39, 0.29) is 12.3 Å². The van der Waals surface area contributed by atoms with Gasteiger partial charge < -0.3 is 0 Å². The van der Waals surface area contributed by atoms with E-state index in [0.29, 0.717) is 0 Å². The molecule has 0 fully saturated rings. The van der Waals surface area contributed by atoms with Crippen molar-refractivity contribution in [3.05, 3.63) is 11.6 Å². The molecule has 0 aromatic heterocycles. The van der Waals surface area contributed by atoms with E-state index in [2.05, 4.69) is 6.08 Å². The quantitative estimate of drug-likeness (QED) is 0.306. The standard InChI is InChI=1S/C11H19NO3/c1-8(2)5-4-6-9(3)7-10(13)11(14)12-15/h5,9,15H,4,6-7H2,1-3H3,(H,12,14). The summed E-state index contributed by atoms with van der Waals surface area (Å²) in [5, 5.41) is 8.24. The number of amides is 1. The zero-order chi connectivity index (χ0) is 11.8. The first-order valence-corrected chi connectivity index (χ1v) is 5.08. The molecule has 0 rings (SSSR count). The highest BCUT2D eigenvalue weighted by Gasteiger charge is 2.15. The lowest BCUT2D eigenvalue weighted by atomic mass is 9.98. The van der Waals surface area contributed by atoms with Crippen LogP contribution in [-0.2, 0) is 9.59 Å². The van der Waals surface area contributed by atoms with E-state index in [4.69, 9.17) is 5.21 Å². The number of hydrogen-bond donors (Lipinski definition) is 2. The van der Waals surface area contributed by atoms with E-state index in [0.717, 1.165) is 12.8 Å². The Morgan fingerprint density at radius 2 is 2.00 bits per heavy atom. The lowest BCUT2D eigenvalue weighted by Crippen LogP contribution is -2.29. The summed E-state index contributed by atoms with van der Waals surface area (Å²) in [6.45, 7) is 5.96. The number of allylic oxidation sites excluding steroid dienone is 2. The fourth-order valence-electron chi connectivity index (χ4n) is 1.23. The molecule has 86 valence electrons. The van der Waals surface area contributed by atoms with Gasteiger partial charge in [0.05, 0.1) is 0 Å². The molecule has 1 unspecified atom stereocenters. The lowest BCUT2D eigenvalue weighted by molar-refractivity contribution is -0.143. The average Bonchev–Trinajstić information content (AvgIpc) is 2.15. The van der Waals surface area contributed by atoms with E-state index < -0.39 is 11.7 Å². The molecule has 0 aliphatic rings. The Balaban J connectivity index is 3.83. The molecule has 15 heavy (non-hydrogen) atoms. The molecule has 1 atom stereocenters. The molecule has 0 radical (unpaired) electrons. The van der Waals surface area contributed by atoms with E-state index >= 15 is 0 Å². The summed E-state index contributed by atoms with van der Waals surface area (Å²) in [4.78, 5) is 21.8. The minimum atomic E-state index is -0.927. The smallest absolute Gasteiger partial charge is 0.289 e. The van der Waals surface area contributed by atoms with Crippen molar-refractivity contribution in [2.75, 3.05) is 0 Å². The second-order valence-corrected chi connectivity index (χ2v) is 4.03. The highest BCUT2D eigenvalue weighted by atomic mass is 16.5. The summed E-state index contributed by atoms with van der Waals surface area (Å²) in [6, 6.07) is 0. The van der Waals surface area contributed by atoms with Gasteiger partial charge in [0.25, 0.3) is 0 Å². The summed E-state index contributed by atoms with van der Waals surface area (Å²) in [7, 11) is 0. The third-order valence-electron chi connectivity index (χ3n) is 2.10. The molecule has 4 heteroatoms. The maximum Gasteiger partial charge on any atom is 0.310 e. The Morgan fingerprint density at radius 3 is 2.47 bits per heavy atom. The van der Waals surface area contributed by atoms with Crippen LogP contribution in [0.15, 0.2) is 11.6 Å². The minimum Gasteiger partial charge on any atom is -0.289 e. The second kappa shape index (κ2) is 7.17. The largest absolute Gasteiger partial charge is 0.310 e. The molecule has 0 aromatic rings. The summed E-state index contributed by atoms with van der Waals surface area (Å²) in [6.07, 6.45) is 4.07. The molecule has 0 aliphatic carbocycles. The van der Waals surface area contributed by atoms with Crippen molar-refractivity contribution < 1.29 is 14.8 Å². The lowest BCUT2D eigenvalue weighted by Gasteiger charge is -2.07. The Bertz CT molecular complexity index is 255. The van der Waals surface area contributed by atoms with Crippen molar-refractivity contribution >= 4 is 11.7 Å².